The van der Waals surface area contributed by atoms with Gasteiger partial charge in [-0.1, -0.05) is 45.8 Å². The van der Waals surface area contributed by atoms with Gasteiger partial charge in [-0.3, -0.25) is 0 Å². The molecule has 2 rings (SSSR count). The van der Waals surface area contributed by atoms with Gasteiger partial charge < -0.3 is 10.5 Å². The van der Waals surface area contributed by atoms with Crippen LogP contribution in [-0.2, 0) is 6.42 Å². The van der Waals surface area contributed by atoms with Gasteiger partial charge in [0.25, 0.3) is 0 Å². The fraction of sp³-hybridized carbons (Fsp3) is 0.250. The Morgan fingerprint density at radius 1 is 1.16 bits per heavy atom. The molecule has 0 saturated carbocycles. The van der Waals surface area contributed by atoms with Crippen LogP contribution in [0.15, 0.2) is 46.9 Å². The molecule has 2 nitrogen and oxygen atoms in total. The Balaban J connectivity index is 2.18. The molecule has 0 fully saturated rings. The summed E-state index contributed by atoms with van der Waals surface area (Å²) >= 11 is 3.56. The maximum Gasteiger partial charge on any atom is 0.119 e. The molecule has 0 aliphatic rings. The highest BCUT2D eigenvalue weighted by Crippen LogP contribution is 2.26. The second-order valence-electron chi connectivity index (χ2n) is 4.68. The van der Waals surface area contributed by atoms with E-state index in [0.717, 1.165) is 27.8 Å². The average Bonchev–Trinajstić information content (AvgIpc) is 2.42. The van der Waals surface area contributed by atoms with E-state index in [1.807, 2.05) is 18.2 Å². The van der Waals surface area contributed by atoms with Gasteiger partial charge in [0, 0.05) is 10.5 Å². The molecule has 2 aromatic carbocycles. The van der Waals surface area contributed by atoms with Crippen molar-refractivity contribution in [3.63, 3.8) is 0 Å². The summed E-state index contributed by atoms with van der Waals surface area (Å²) < 4.78 is 6.32. The van der Waals surface area contributed by atoms with Crippen LogP contribution in [0.1, 0.15) is 22.7 Å². The third kappa shape index (κ3) is 3.58. The Hall–Kier alpha value is -1.32. The normalized spacial score (nSPS) is 12.2. The molecular weight excluding hydrogens is 302 g/mol. The summed E-state index contributed by atoms with van der Waals surface area (Å²) in [5, 5.41) is 0. The molecule has 0 aromatic heterocycles. The van der Waals surface area contributed by atoms with Crippen LogP contribution in [0.3, 0.4) is 0 Å². The highest BCUT2D eigenvalue weighted by molar-refractivity contribution is 9.10. The predicted molar refractivity (Wildman–Crippen MR) is 82.5 cm³/mol. The van der Waals surface area contributed by atoms with E-state index in [0.29, 0.717) is 0 Å². The number of ether oxygens (including phenoxy) is 1. The summed E-state index contributed by atoms with van der Waals surface area (Å²) in [5.74, 6) is 0.856. The minimum atomic E-state index is -0.0102. The standard InChI is InChI=1S/C16H18BrNO/c1-11-3-5-12(6-4-11)16(18)10-13-9-14(19-2)7-8-15(13)17/h3-9,16H,10,18H2,1-2H3. The summed E-state index contributed by atoms with van der Waals surface area (Å²) in [6.07, 6.45) is 0.779. The fourth-order valence-electron chi connectivity index (χ4n) is 2.00. The number of halogens is 1. The summed E-state index contributed by atoms with van der Waals surface area (Å²) in [4.78, 5) is 0. The van der Waals surface area contributed by atoms with E-state index in [1.54, 1.807) is 7.11 Å². The summed E-state index contributed by atoms with van der Waals surface area (Å²) in [7, 11) is 1.67. The van der Waals surface area contributed by atoms with Gasteiger partial charge in [-0.15, -0.1) is 0 Å². The minimum Gasteiger partial charge on any atom is -0.497 e. The lowest BCUT2D eigenvalue weighted by Gasteiger charge is -2.14. The highest BCUT2D eigenvalue weighted by atomic mass is 79.9. The van der Waals surface area contributed by atoms with Crippen LogP contribution in [0.4, 0.5) is 0 Å². The first-order valence-electron chi connectivity index (χ1n) is 6.24. The van der Waals surface area contributed by atoms with Crippen molar-refractivity contribution in [1.82, 2.24) is 0 Å². The van der Waals surface area contributed by atoms with Gasteiger partial charge in [-0.25, -0.2) is 0 Å². The summed E-state index contributed by atoms with van der Waals surface area (Å²) in [5.41, 5.74) is 9.84. The number of nitrogens with two attached hydrogens (primary N) is 1. The van der Waals surface area contributed by atoms with Crippen molar-refractivity contribution < 1.29 is 4.74 Å². The Kier molecular flexibility index (Phi) is 4.61. The van der Waals surface area contributed by atoms with Crippen molar-refractivity contribution in [2.75, 3.05) is 7.11 Å². The van der Waals surface area contributed by atoms with Crippen LogP contribution in [0.2, 0.25) is 0 Å². The maximum atomic E-state index is 6.28. The molecule has 2 N–H and O–H groups in total. The van der Waals surface area contributed by atoms with Crippen molar-refractivity contribution in [2.24, 2.45) is 5.73 Å². The molecule has 3 heteroatoms. The monoisotopic (exact) mass is 319 g/mol. The van der Waals surface area contributed by atoms with Crippen molar-refractivity contribution in [3.8, 4) is 5.75 Å². The lowest BCUT2D eigenvalue weighted by Crippen LogP contribution is -2.13. The average molecular weight is 320 g/mol. The molecule has 0 heterocycles. The fourth-order valence-corrected chi connectivity index (χ4v) is 2.41. The zero-order valence-corrected chi connectivity index (χ0v) is 12.8. The van der Waals surface area contributed by atoms with Crippen molar-refractivity contribution in [2.45, 2.75) is 19.4 Å². The third-order valence-corrected chi connectivity index (χ3v) is 3.97. The largest absolute Gasteiger partial charge is 0.497 e. The van der Waals surface area contributed by atoms with E-state index in [1.165, 1.54) is 5.56 Å². The molecule has 0 aliphatic heterocycles. The Morgan fingerprint density at radius 3 is 2.47 bits per heavy atom. The molecule has 0 saturated heterocycles. The van der Waals surface area contributed by atoms with Gasteiger partial charge in [0.2, 0.25) is 0 Å². The van der Waals surface area contributed by atoms with Gasteiger partial charge in [-0.05, 0) is 42.7 Å². The third-order valence-electron chi connectivity index (χ3n) is 3.20. The van der Waals surface area contributed by atoms with E-state index >= 15 is 0 Å². The summed E-state index contributed by atoms with van der Waals surface area (Å²) in [6.45, 7) is 2.08. The zero-order chi connectivity index (χ0) is 13.8. The molecule has 19 heavy (non-hydrogen) atoms. The van der Waals surface area contributed by atoms with Gasteiger partial charge >= 0.3 is 0 Å². The molecule has 1 atom stereocenters. The lowest BCUT2D eigenvalue weighted by atomic mass is 9.99. The second kappa shape index (κ2) is 6.22. The van der Waals surface area contributed by atoms with Crippen LogP contribution in [-0.4, -0.2) is 7.11 Å². The Labute approximate surface area is 122 Å². The number of aryl methyl sites for hydroxylation is 1. The maximum absolute atomic E-state index is 6.28. The van der Waals surface area contributed by atoms with Crippen molar-refractivity contribution in [3.05, 3.63) is 63.6 Å². The first-order chi connectivity index (χ1) is 9.10. The zero-order valence-electron chi connectivity index (χ0n) is 11.2. The molecule has 0 spiro atoms. The quantitative estimate of drug-likeness (QED) is 0.924. The number of methoxy groups -OCH3 is 1. The first kappa shape index (κ1) is 14.1. The Morgan fingerprint density at radius 2 is 1.84 bits per heavy atom. The van der Waals surface area contributed by atoms with Crippen molar-refractivity contribution >= 4 is 15.9 Å². The molecule has 2 aromatic rings. The topological polar surface area (TPSA) is 35.2 Å². The van der Waals surface area contributed by atoms with E-state index in [2.05, 4.69) is 47.1 Å². The lowest BCUT2D eigenvalue weighted by molar-refractivity contribution is 0.414. The number of rotatable bonds is 4. The van der Waals surface area contributed by atoms with Crippen molar-refractivity contribution in [1.29, 1.82) is 0 Å². The number of benzene rings is 2. The number of hydrogen-bond donors (Lipinski definition) is 1. The smallest absolute Gasteiger partial charge is 0.119 e. The molecule has 0 radical (unpaired) electrons. The van der Waals surface area contributed by atoms with Crippen LogP contribution in [0, 0.1) is 6.92 Å². The van der Waals surface area contributed by atoms with Crippen LogP contribution >= 0.6 is 15.9 Å². The Bertz CT molecular complexity index is 551. The minimum absolute atomic E-state index is 0.0102. The van der Waals surface area contributed by atoms with Crippen LogP contribution < -0.4 is 10.5 Å². The van der Waals surface area contributed by atoms with E-state index in [4.69, 9.17) is 10.5 Å². The molecule has 0 aliphatic carbocycles. The highest BCUT2D eigenvalue weighted by Gasteiger charge is 2.10. The number of hydrogen-bond acceptors (Lipinski definition) is 2. The molecule has 100 valence electrons. The van der Waals surface area contributed by atoms with Gasteiger partial charge in [0.15, 0.2) is 0 Å². The second-order valence-corrected chi connectivity index (χ2v) is 5.53. The summed E-state index contributed by atoms with van der Waals surface area (Å²) in [6, 6.07) is 14.3. The molecule has 0 bridgehead atoms. The van der Waals surface area contributed by atoms with Gasteiger partial charge in [-0.2, -0.15) is 0 Å². The van der Waals surface area contributed by atoms with Gasteiger partial charge in [0.05, 0.1) is 7.11 Å². The van der Waals surface area contributed by atoms with Crippen LogP contribution in [0.5, 0.6) is 5.75 Å². The SMILES string of the molecule is COc1ccc(Br)c(CC(N)c2ccc(C)cc2)c1. The van der Waals surface area contributed by atoms with Crippen LogP contribution in [0.25, 0.3) is 0 Å². The van der Waals surface area contributed by atoms with Gasteiger partial charge in [0.1, 0.15) is 5.75 Å². The van der Waals surface area contributed by atoms with E-state index < -0.39 is 0 Å². The molecule has 1 unspecified atom stereocenters. The van der Waals surface area contributed by atoms with E-state index in [9.17, 15) is 0 Å². The predicted octanol–water partition coefficient (Wildman–Crippen LogP) is 4.01. The molecular formula is C16H18BrNO. The molecule has 0 amide bonds. The first-order valence-corrected chi connectivity index (χ1v) is 7.04. The van der Waals surface area contributed by atoms with E-state index in [-0.39, 0.29) is 6.04 Å².